The Morgan fingerprint density at radius 2 is 2.26 bits per heavy atom. The van der Waals surface area contributed by atoms with Crippen molar-refractivity contribution in [3.05, 3.63) is 33.1 Å². The zero-order chi connectivity index (χ0) is 13.6. The first-order valence-corrected chi connectivity index (χ1v) is 6.69. The Hall–Kier alpha value is -1.40. The minimum absolute atomic E-state index is 0.0733. The molecule has 3 rings (SSSR count). The van der Waals surface area contributed by atoms with Crippen LogP contribution in [0.1, 0.15) is 32.9 Å². The van der Waals surface area contributed by atoms with Crippen LogP contribution in [0.15, 0.2) is 21.9 Å². The minimum atomic E-state index is -0.453. The van der Waals surface area contributed by atoms with Gasteiger partial charge in [-0.2, -0.15) is 0 Å². The Morgan fingerprint density at radius 3 is 2.79 bits per heavy atom. The Bertz CT molecular complexity index is 587. The highest BCUT2D eigenvalue weighted by molar-refractivity contribution is 5.05. The summed E-state index contributed by atoms with van der Waals surface area (Å²) in [6.45, 7) is 4.86. The zero-order valence-electron chi connectivity index (χ0n) is 11.1. The average Bonchev–Trinajstić information content (AvgIpc) is 2.62. The van der Waals surface area contributed by atoms with Crippen molar-refractivity contribution in [3.63, 3.8) is 0 Å². The number of rotatable bonds is 2. The summed E-state index contributed by atoms with van der Waals surface area (Å²) < 4.78 is 13.2. The molecule has 104 valence electrons. The van der Waals surface area contributed by atoms with Crippen LogP contribution in [-0.2, 0) is 9.47 Å². The van der Waals surface area contributed by atoms with Crippen LogP contribution in [-0.4, -0.2) is 27.9 Å². The normalized spacial score (nSPS) is 37.5. The fraction of sp³-hybridized carbons (Fsp3) is 0.692. The summed E-state index contributed by atoms with van der Waals surface area (Å²) in [5.74, 6) is 0.232. The lowest BCUT2D eigenvalue weighted by atomic mass is 9.79. The summed E-state index contributed by atoms with van der Waals surface area (Å²) in [7, 11) is 0. The number of nitrogens with zero attached hydrogens (tertiary/aromatic N) is 1. The van der Waals surface area contributed by atoms with E-state index < -0.39 is 23.1 Å². The molecule has 0 amide bonds. The summed E-state index contributed by atoms with van der Waals surface area (Å²) >= 11 is 0. The molecule has 1 aromatic heterocycles. The lowest BCUT2D eigenvalue weighted by Gasteiger charge is -2.45. The standard InChI is InChI=1S/C13H18N2O4/c1-3-9-8(2)13(5-7-18-13)11(19-9)15-6-4-10(16)14-12(15)17/h4,6,8-9,11H,3,5,7H2,1-2H3,(H,14,16,17)/t8-,9-,11-,13-/m1/s1. The highest BCUT2D eigenvalue weighted by Gasteiger charge is 2.59. The largest absolute Gasteiger partial charge is 0.370 e. The van der Waals surface area contributed by atoms with Gasteiger partial charge in [-0.15, -0.1) is 0 Å². The highest BCUT2D eigenvalue weighted by Crippen LogP contribution is 2.51. The van der Waals surface area contributed by atoms with Crippen molar-refractivity contribution < 1.29 is 9.47 Å². The maximum Gasteiger partial charge on any atom is 0.330 e. The molecular weight excluding hydrogens is 248 g/mol. The van der Waals surface area contributed by atoms with E-state index in [0.29, 0.717) is 6.61 Å². The van der Waals surface area contributed by atoms with E-state index in [-0.39, 0.29) is 12.0 Å². The molecule has 3 heterocycles. The predicted molar refractivity (Wildman–Crippen MR) is 68.0 cm³/mol. The fourth-order valence-electron chi connectivity index (χ4n) is 3.19. The van der Waals surface area contributed by atoms with Gasteiger partial charge in [-0.05, 0) is 6.42 Å². The van der Waals surface area contributed by atoms with Crippen molar-refractivity contribution in [2.45, 2.75) is 44.6 Å². The van der Waals surface area contributed by atoms with Gasteiger partial charge in [-0.25, -0.2) is 4.79 Å². The monoisotopic (exact) mass is 266 g/mol. The van der Waals surface area contributed by atoms with Crippen LogP contribution >= 0.6 is 0 Å². The maximum absolute atomic E-state index is 11.9. The second-order valence-corrected chi connectivity index (χ2v) is 5.29. The first kappa shape index (κ1) is 12.6. The molecule has 2 aliphatic heterocycles. The number of aromatic nitrogens is 2. The Balaban J connectivity index is 2.04. The van der Waals surface area contributed by atoms with E-state index in [4.69, 9.17) is 9.47 Å². The van der Waals surface area contributed by atoms with Gasteiger partial charge in [0.15, 0.2) is 6.23 Å². The predicted octanol–water partition coefficient (Wildman–Crippen LogP) is 0.639. The fourth-order valence-corrected chi connectivity index (χ4v) is 3.19. The van der Waals surface area contributed by atoms with Crippen LogP contribution in [0.2, 0.25) is 0 Å². The van der Waals surface area contributed by atoms with Crippen molar-refractivity contribution in [2.75, 3.05) is 6.61 Å². The topological polar surface area (TPSA) is 73.3 Å². The number of aromatic amines is 1. The van der Waals surface area contributed by atoms with Crippen molar-refractivity contribution in [1.29, 1.82) is 0 Å². The van der Waals surface area contributed by atoms with E-state index in [1.165, 1.54) is 16.8 Å². The minimum Gasteiger partial charge on any atom is -0.370 e. The van der Waals surface area contributed by atoms with Crippen LogP contribution in [0.4, 0.5) is 0 Å². The molecule has 2 aliphatic rings. The average molecular weight is 266 g/mol. The van der Waals surface area contributed by atoms with Crippen LogP contribution < -0.4 is 11.2 Å². The van der Waals surface area contributed by atoms with Crippen LogP contribution in [0.25, 0.3) is 0 Å². The molecule has 2 fully saturated rings. The molecule has 0 radical (unpaired) electrons. The number of hydrogen-bond donors (Lipinski definition) is 1. The Kier molecular flexibility index (Phi) is 2.87. The van der Waals surface area contributed by atoms with E-state index in [1.807, 2.05) is 0 Å². The van der Waals surface area contributed by atoms with E-state index >= 15 is 0 Å². The molecule has 6 nitrogen and oxygen atoms in total. The molecule has 0 saturated carbocycles. The third-order valence-corrected chi connectivity index (χ3v) is 4.42. The van der Waals surface area contributed by atoms with E-state index in [9.17, 15) is 9.59 Å². The van der Waals surface area contributed by atoms with Crippen LogP contribution in [0.3, 0.4) is 0 Å². The first-order chi connectivity index (χ1) is 9.08. The van der Waals surface area contributed by atoms with Gasteiger partial charge in [-0.3, -0.25) is 14.3 Å². The number of nitrogens with one attached hydrogen (secondary N) is 1. The van der Waals surface area contributed by atoms with Gasteiger partial charge in [-0.1, -0.05) is 13.8 Å². The molecule has 0 unspecified atom stereocenters. The lowest BCUT2D eigenvalue weighted by Crippen LogP contribution is -2.54. The summed E-state index contributed by atoms with van der Waals surface area (Å²) in [5, 5.41) is 0. The quantitative estimate of drug-likeness (QED) is 0.852. The van der Waals surface area contributed by atoms with Gasteiger partial charge >= 0.3 is 5.69 Å². The van der Waals surface area contributed by atoms with E-state index in [0.717, 1.165) is 12.8 Å². The second-order valence-electron chi connectivity index (χ2n) is 5.29. The molecule has 2 saturated heterocycles. The highest BCUT2D eigenvalue weighted by atomic mass is 16.6. The van der Waals surface area contributed by atoms with E-state index in [1.54, 1.807) is 0 Å². The molecule has 19 heavy (non-hydrogen) atoms. The second kappa shape index (κ2) is 4.31. The molecule has 1 N–H and O–H groups in total. The van der Waals surface area contributed by atoms with Gasteiger partial charge in [0, 0.05) is 24.6 Å². The molecule has 4 atom stereocenters. The van der Waals surface area contributed by atoms with Gasteiger partial charge in [0.05, 0.1) is 12.7 Å². The third kappa shape index (κ3) is 1.70. The molecular formula is C13H18N2O4. The van der Waals surface area contributed by atoms with Crippen molar-refractivity contribution in [2.24, 2.45) is 5.92 Å². The third-order valence-electron chi connectivity index (χ3n) is 4.42. The van der Waals surface area contributed by atoms with E-state index in [2.05, 4.69) is 18.8 Å². The van der Waals surface area contributed by atoms with Crippen LogP contribution in [0.5, 0.6) is 0 Å². The zero-order valence-corrected chi connectivity index (χ0v) is 11.1. The maximum atomic E-state index is 11.9. The first-order valence-electron chi connectivity index (χ1n) is 6.69. The molecule has 0 bridgehead atoms. The summed E-state index contributed by atoms with van der Waals surface area (Å²) in [6.07, 6.45) is 2.86. The smallest absolute Gasteiger partial charge is 0.330 e. The van der Waals surface area contributed by atoms with Gasteiger partial charge in [0.1, 0.15) is 5.60 Å². The van der Waals surface area contributed by atoms with Crippen molar-refractivity contribution in [3.8, 4) is 0 Å². The molecule has 0 aromatic carbocycles. The van der Waals surface area contributed by atoms with Gasteiger partial charge in [0.2, 0.25) is 0 Å². The summed E-state index contributed by atoms with van der Waals surface area (Å²) in [6, 6.07) is 1.33. The lowest BCUT2D eigenvalue weighted by molar-refractivity contribution is -0.213. The molecule has 1 spiro atoms. The Morgan fingerprint density at radius 1 is 1.53 bits per heavy atom. The number of hydrogen-bond acceptors (Lipinski definition) is 4. The Labute approximate surface area is 110 Å². The molecule has 1 aromatic rings. The van der Waals surface area contributed by atoms with Crippen molar-refractivity contribution >= 4 is 0 Å². The summed E-state index contributed by atoms with van der Waals surface area (Å²) in [5.41, 5.74) is -1.28. The number of H-pyrrole nitrogens is 1. The molecule has 0 aliphatic carbocycles. The summed E-state index contributed by atoms with van der Waals surface area (Å²) in [4.78, 5) is 25.3. The SMILES string of the molecule is CC[C@H]1O[C@@H](n2ccc(=O)[nH]c2=O)[C@@]2(CCO2)[C@@H]1C. The van der Waals surface area contributed by atoms with Gasteiger partial charge in [0.25, 0.3) is 5.56 Å². The van der Waals surface area contributed by atoms with Crippen molar-refractivity contribution in [1.82, 2.24) is 9.55 Å². The molecule has 6 heteroatoms. The van der Waals surface area contributed by atoms with Gasteiger partial charge < -0.3 is 9.47 Å². The van der Waals surface area contributed by atoms with Crippen LogP contribution in [0, 0.1) is 5.92 Å². The number of ether oxygens (including phenoxy) is 2.